The molecule has 0 spiro atoms. The quantitative estimate of drug-likeness (QED) is 0.648. The normalized spacial score (nSPS) is 10.4. The van der Waals surface area contributed by atoms with Crippen LogP contribution in [0.25, 0.3) is 0 Å². The molecule has 0 saturated heterocycles. The molecule has 0 unspecified atom stereocenters. The van der Waals surface area contributed by atoms with Crippen LogP contribution in [0.5, 0.6) is 11.5 Å². The summed E-state index contributed by atoms with van der Waals surface area (Å²) in [4.78, 5) is 13.4. The molecule has 0 N–H and O–H groups in total. The second kappa shape index (κ2) is 9.20. The SMILES string of the molecule is CCOC(=O)CN(CC)CCOc1ccccc1OC. The third-order valence-electron chi connectivity index (χ3n) is 2.84. The van der Waals surface area contributed by atoms with E-state index in [1.807, 2.05) is 36.1 Å². The molecule has 0 bridgehead atoms. The molecule has 0 aliphatic carbocycles. The van der Waals surface area contributed by atoms with Crippen molar-refractivity contribution in [3.63, 3.8) is 0 Å². The van der Waals surface area contributed by atoms with Crippen LogP contribution in [0, 0.1) is 0 Å². The number of para-hydroxylation sites is 2. The summed E-state index contributed by atoms with van der Waals surface area (Å²) in [5.41, 5.74) is 0. The lowest BCUT2D eigenvalue weighted by Crippen LogP contribution is -2.34. The van der Waals surface area contributed by atoms with Crippen LogP contribution < -0.4 is 9.47 Å². The van der Waals surface area contributed by atoms with Crippen molar-refractivity contribution in [1.29, 1.82) is 0 Å². The molecule has 5 nitrogen and oxygen atoms in total. The number of hydrogen-bond acceptors (Lipinski definition) is 5. The highest BCUT2D eigenvalue weighted by atomic mass is 16.5. The van der Waals surface area contributed by atoms with Crippen LogP contribution in [0.1, 0.15) is 13.8 Å². The van der Waals surface area contributed by atoms with Gasteiger partial charge in [0, 0.05) is 6.54 Å². The third kappa shape index (κ3) is 5.48. The lowest BCUT2D eigenvalue weighted by molar-refractivity contribution is -0.144. The van der Waals surface area contributed by atoms with E-state index in [0.717, 1.165) is 6.54 Å². The predicted molar refractivity (Wildman–Crippen MR) is 77.2 cm³/mol. The van der Waals surface area contributed by atoms with Crippen molar-refractivity contribution in [1.82, 2.24) is 4.90 Å². The minimum absolute atomic E-state index is 0.202. The van der Waals surface area contributed by atoms with E-state index >= 15 is 0 Å². The van der Waals surface area contributed by atoms with Gasteiger partial charge in [0.25, 0.3) is 0 Å². The number of methoxy groups -OCH3 is 1. The molecule has 1 aromatic carbocycles. The first-order valence-electron chi connectivity index (χ1n) is 6.85. The Balaban J connectivity index is 2.39. The van der Waals surface area contributed by atoms with E-state index in [0.29, 0.717) is 37.8 Å². The number of benzene rings is 1. The zero-order valence-corrected chi connectivity index (χ0v) is 12.4. The lowest BCUT2D eigenvalue weighted by Gasteiger charge is -2.19. The number of esters is 1. The van der Waals surface area contributed by atoms with Gasteiger partial charge in [-0.1, -0.05) is 19.1 Å². The van der Waals surface area contributed by atoms with Crippen LogP contribution in [0.4, 0.5) is 0 Å². The first kappa shape index (κ1) is 16.3. The molecule has 0 amide bonds. The maximum absolute atomic E-state index is 11.4. The highest BCUT2D eigenvalue weighted by Crippen LogP contribution is 2.25. The van der Waals surface area contributed by atoms with Gasteiger partial charge in [0.15, 0.2) is 11.5 Å². The molecule has 1 aromatic rings. The Morgan fingerprint density at radius 2 is 1.90 bits per heavy atom. The van der Waals surface area contributed by atoms with E-state index in [1.54, 1.807) is 14.0 Å². The van der Waals surface area contributed by atoms with Crippen LogP contribution in [0.2, 0.25) is 0 Å². The Kier molecular flexibility index (Phi) is 7.50. The van der Waals surface area contributed by atoms with Gasteiger partial charge in [0.05, 0.1) is 20.3 Å². The molecule has 112 valence electrons. The maximum atomic E-state index is 11.4. The van der Waals surface area contributed by atoms with Gasteiger partial charge in [-0.25, -0.2) is 0 Å². The Morgan fingerprint density at radius 1 is 1.20 bits per heavy atom. The van der Waals surface area contributed by atoms with Crippen LogP contribution in [0.15, 0.2) is 24.3 Å². The van der Waals surface area contributed by atoms with E-state index in [-0.39, 0.29) is 5.97 Å². The molecule has 0 aliphatic rings. The number of ether oxygens (including phenoxy) is 3. The molecule has 0 atom stereocenters. The molecular formula is C15H23NO4. The number of nitrogens with zero attached hydrogens (tertiary/aromatic N) is 1. The van der Waals surface area contributed by atoms with Crippen molar-refractivity contribution in [2.45, 2.75) is 13.8 Å². The molecule has 0 fully saturated rings. The largest absolute Gasteiger partial charge is 0.493 e. The summed E-state index contributed by atoms with van der Waals surface area (Å²) in [6, 6.07) is 7.50. The van der Waals surface area contributed by atoms with Crippen LogP contribution in [-0.2, 0) is 9.53 Å². The van der Waals surface area contributed by atoms with Gasteiger partial charge >= 0.3 is 5.97 Å². The van der Waals surface area contributed by atoms with Crippen molar-refractivity contribution in [3.05, 3.63) is 24.3 Å². The van der Waals surface area contributed by atoms with E-state index < -0.39 is 0 Å². The van der Waals surface area contributed by atoms with Crippen molar-refractivity contribution >= 4 is 5.97 Å². The van der Waals surface area contributed by atoms with Gasteiger partial charge in [-0.2, -0.15) is 0 Å². The monoisotopic (exact) mass is 281 g/mol. The van der Waals surface area contributed by atoms with Crippen molar-refractivity contribution < 1.29 is 19.0 Å². The molecule has 0 aliphatic heterocycles. The molecule has 0 radical (unpaired) electrons. The van der Waals surface area contributed by atoms with Gasteiger partial charge in [0.1, 0.15) is 6.61 Å². The summed E-state index contributed by atoms with van der Waals surface area (Å²) < 4.78 is 15.8. The highest BCUT2D eigenvalue weighted by molar-refractivity contribution is 5.71. The Morgan fingerprint density at radius 3 is 2.50 bits per heavy atom. The summed E-state index contributed by atoms with van der Waals surface area (Å²) in [6.07, 6.45) is 0. The highest BCUT2D eigenvalue weighted by Gasteiger charge is 2.10. The molecule has 20 heavy (non-hydrogen) atoms. The number of rotatable bonds is 9. The summed E-state index contributed by atoms with van der Waals surface area (Å²) in [5.74, 6) is 1.22. The van der Waals surface area contributed by atoms with Gasteiger partial charge in [-0.05, 0) is 25.6 Å². The average molecular weight is 281 g/mol. The van der Waals surface area contributed by atoms with Gasteiger partial charge in [-0.3, -0.25) is 9.69 Å². The second-order valence-corrected chi connectivity index (χ2v) is 4.17. The molecular weight excluding hydrogens is 258 g/mol. The molecule has 1 rings (SSSR count). The van der Waals surface area contributed by atoms with Crippen molar-refractivity contribution in [2.75, 3.05) is 40.0 Å². The molecule has 5 heteroatoms. The topological polar surface area (TPSA) is 48.0 Å². The Bertz CT molecular complexity index is 409. The number of carbonyl (C=O) groups excluding carboxylic acids is 1. The Labute approximate surface area is 120 Å². The summed E-state index contributed by atoms with van der Waals surface area (Å²) in [7, 11) is 1.61. The number of hydrogen-bond donors (Lipinski definition) is 0. The third-order valence-corrected chi connectivity index (χ3v) is 2.84. The van der Waals surface area contributed by atoms with Gasteiger partial charge < -0.3 is 14.2 Å². The fraction of sp³-hybridized carbons (Fsp3) is 0.533. The minimum atomic E-state index is -0.202. The van der Waals surface area contributed by atoms with E-state index in [9.17, 15) is 4.79 Å². The zero-order valence-electron chi connectivity index (χ0n) is 12.4. The first-order valence-corrected chi connectivity index (χ1v) is 6.85. The van der Waals surface area contributed by atoms with E-state index in [1.165, 1.54) is 0 Å². The predicted octanol–water partition coefficient (Wildman–Crippen LogP) is 1.96. The lowest BCUT2D eigenvalue weighted by atomic mass is 10.3. The number of carbonyl (C=O) groups is 1. The van der Waals surface area contributed by atoms with E-state index in [2.05, 4.69) is 0 Å². The smallest absolute Gasteiger partial charge is 0.320 e. The molecule has 0 aromatic heterocycles. The van der Waals surface area contributed by atoms with Gasteiger partial charge in [-0.15, -0.1) is 0 Å². The van der Waals surface area contributed by atoms with Crippen LogP contribution in [-0.4, -0.2) is 50.8 Å². The summed E-state index contributed by atoms with van der Waals surface area (Å²) in [5, 5.41) is 0. The first-order chi connectivity index (χ1) is 9.71. The molecule has 0 heterocycles. The Hall–Kier alpha value is -1.75. The fourth-order valence-corrected chi connectivity index (χ4v) is 1.76. The maximum Gasteiger partial charge on any atom is 0.320 e. The van der Waals surface area contributed by atoms with Crippen molar-refractivity contribution in [2.24, 2.45) is 0 Å². The zero-order chi connectivity index (χ0) is 14.8. The second-order valence-electron chi connectivity index (χ2n) is 4.17. The van der Waals surface area contributed by atoms with Crippen molar-refractivity contribution in [3.8, 4) is 11.5 Å². The van der Waals surface area contributed by atoms with E-state index in [4.69, 9.17) is 14.2 Å². The summed E-state index contributed by atoms with van der Waals surface area (Å²) >= 11 is 0. The van der Waals surface area contributed by atoms with Gasteiger partial charge in [0.2, 0.25) is 0 Å². The molecule has 0 saturated carbocycles. The minimum Gasteiger partial charge on any atom is -0.493 e. The fourth-order valence-electron chi connectivity index (χ4n) is 1.76. The number of likely N-dealkylation sites (N-methyl/N-ethyl adjacent to an activating group) is 1. The standard InChI is InChI=1S/C15H23NO4/c1-4-16(12-15(17)19-5-2)10-11-20-14-9-7-6-8-13(14)18-3/h6-9H,4-5,10-12H2,1-3H3. The average Bonchev–Trinajstić information content (AvgIpc) is 2.47. The van der Waals surface area contributed by atoms with Crippen LogP contribution >= 0.6 is 0 Å². The van der Waals surface area contributed by atoms with Crippen LogP contribution in [0.3, 0.4) is 0 Å². The summed E-state index contributed by atoms with van der Waals surface area (Å²) in [6.45, 7) is 6.43.